The van der Waals surface area contributed by atoms with E-state index < -0.39 is 0 Å². The van der Waals surface area contributed by atoms with Crippen molar-refractivity contribution in [2.24, 2.45) is 11.7 Å². The molecular formula is C29H35N5OS. The molecule has 7 heteroatoms. The molecule has 2 N–H and O–H groups in total. The number of rotatable bonds is 10. The minimum absolute atomic E-state index is 0.0459. The third-order valence-corrected chi connectivity index (χ3v) is 7.38. The summed E-state index contributed by atoms with van der Waals surface area (Å²) in [6.07, 6.45) is 0.804. The maximum absolute atomic E-state index is 13.9. The van der Waals surface area contributed by atoms with Gasteiger partial charge < -0.3 is 10.6 Å². The van der Waals surface area contributed by atoms with Crippen LogP contribution in [0, 0.1) is 19.8 Å². The maximum Gasteiger partial charge on any atom is 0.264 e. The summed E-state index contributed by atoms with van der Waals surface area (Å²) in [5.74, 6) is 0.894. The van der Waals surface area contributed by atoms with Gasteiger partial charge in [0.25, 0.3) is 5.56 Å². The lowest BCUT2D eigenvalue weighted by atomic mass is 9.98. The van der Waals surface area contributed by atoms with E-state index >= 15 is 0 Å². The molecule has 1 unspecified atom stereocenters. The molecule has 4 aromatic rings. The topological polar surface area (TPSA) is 77.0 Å². The molecule has 0 bridgehead atoms. The van der Waals surface area contributed by atoms with Crippen molar-refractivity contribution in [3.8, 4) is 0 Å². The number of aryl methyl sites for hydroxylation is 2. The van der Waals surface area contributed by atoms with Crippen molar-refractivity contribution in [2.75, 3.05) is 13.1 Å². The molecule has 0 saturated heterocycles. The number of nitrogens with two attached hydrogens (primary N) is 1. The lowest BCUT2D eigenvalue weighted by molar-refractivity contribution is 0.219. The Labute approximate surface area is 217 Å². The van der Waals surface area contributed by atoms with Crippen LogP contribution in [0.25, 0.3) is 15.9 Å². The Morgan fingerprint density at radius 1 is 1.11 bits per heavy atom. The molecule has 0 aliphatic carbocycles. The molecule has 0 aliphatic rings. The number of fused-ring (bicyclic) bond motifs is 1. The molecule has 1 atom stereocenters. The number of aromatic nitrogens is 3. The average Bonchev–Trinajstić information content (AvgIpc) is 3.24. The highest BCUT2D eigenvalue weighted by Gasteiger charge is 2.31. The van der Waals surface area contributed by atoms with Crippen molar-refractivity contribution in [3.63, 3.8) is 0 Å². The van der Waals surface area contributed by atoms with E-state index in [2.05, 4.69) is 60.9 Å². The number of nitrogens with zero attached hydrogens (tertiary/aromatic N) is 4. The zero-order valence-electron chi connectivity index (χ0n) is 21.6. The zero-order chi connectivity index (χ0) is 25.8. The molecule has 0 aliphatic heterocycles. The minimum Gasteiger partial charge on any atom is -0.361 e. The SMILES string of the molecule is C=C(c1ccc(C)cc1)N(CCCN)C(c1nc2snc(C)c2c(=O)n1Cc1ccccc1)C(C)C. The van der Waals surface area contributed by atoms with Gasteiger partial charge >= 0.3 is 0 Å². The van der Waals surface area contributed by atoms with Crippen LogP contribution in [0.2, 0.25) is 0 Å². The normalized spacial score (nSPS) is 12.3. The van der Waals surface area contributed by atoms with Crippen molar-refractivity contribution in [1.82, 2.24) is 18.8 Å². The quantitative estimate of drug-likeness (QED) is 0.309. The van der Waals surface area contributed by atoms with Gasteiger partial charge in [-0.25, -0.2) is 4.98 Å². The van der Waals surface area contributed by atoms with Gasteiger partial charge in [0.15, 0.2) is 4.83 Å². The summed E-state index contributed by atoms with van der Waals surface area (Å²) < 4.78 is 6.29. The second-order valence-corrected chi connectivity index (χ2v) is 10.4. The van der Waals surface area contributed by atoms with E-state index in [-0.39, 0.29) is 17.5 Å². The van der Waals surface area contributed by atoms with Crippen LogP contribution in [0.5, 0.6) is 0 Å². The predicted molar refractivity (Wildman–Crippen MR) is 150 cm³/mol. The Morgan fingerprint density at radius 3 is 2.44 bits per heavy atom. The molecule has 36 heavy (non-hydrogen) atoms. The van der Waals surface area contributed by atoms with E-state index in [1.165, 1.54) is 17.1 Å². The lowest BCUT2D eigenvalue weighted by Gasteiger charge is -2.38. The highest BCUT2D eigenvalue weighted by atomic mass is 32.1. The second-order valence-electron chi connectivity index (χ2n) is 9.63. The number of benzene rings is 2. The smallest absolute Gasteiger partial charge is 0.264 e. The molecule has 2 aromatic carbocycles. The average molecular weight is 502 g/mol. The molecule has 6 nitrogen and oxygen atoms in total. The van der Waals surface area contributed by atoms with Gasteiger partial charge in [0, 0.05) is 12.2 Å². The van der Waals surface area contributed by atoms with Crippen LogP contribution in [-0.4, -0.2) is 31.9 Å². The van der Waals surface area contributed by atoms with Crippen LogP contribution in [0.1, 0.15) is 54.5 Å². The molecule has 188 valence electrons. The van der Waals surface area contributed by atoms with E-state index in [1.807, 2.05) is 41.8 Å². The van der Waals surface area contributed by atoms with E-state index in [9.17, 15) is 4.79 Å². The van der Waals surface area contributed by atoms with E-state index in [0.29, 0.717) is 29.9 Å². The van der Waals surface area contributed by atoms with Gasteiger partial charge in [0.1, 0.15) is 5.82 Å². The molecule has 4 rings (SSSR count). The third-order valence-electron chi connectivity index (χ3n) is 6.55. The monoisotopic (exact) mass is 501 g/mol. The Morgan fingerprint density at radius 2 is 1.81 bits per heavy atom. The Balaban J connectivity index is 1.91. The van der Waals surface area contributed by atoms with Crippen LogP contribution in [0.4, 0.5) is 0 Å². The first-order valence-corrected chi connectivity index (χ1v) is 13.2. The van der Waals surface area contributed by atoms with Gasteiger partial charge in [-0.05, 0) is 55.4 Å². The van der Waals surface area contributed by atoms with Crippen LogP contribution >= 0.6 is 11.5 Å². The second kappa shape index (κ2) is 11.2. The summed E-state index contributed by atoms with van der Waals surface area (Å²) >= 11 is 1.29. The Hall–Kier alpha value is -3.29. The first-order chi connectivity index (χ1) is 17.3. The van der Waals surface area contributed by atoms with Crippen molar-refractivity contribution in [3.05, 3.63) is 99.7 Å². The maximum atomic E-state index is 13.9. The molecule has 2 heterocycles. The first-order valence-electron chi connectivity index (χ1n) is 12.4. The van der Waals surface area contributed by atoms with Crippen molar-refractivity contribution < 1.29 is 0 Å². The molecular weight excluding hydrogens is 466 g/mol. The summed E-state index contributed by atoms with van der Waals surface area (Å²) in [4.78, 5) is 22.0. The Kier molecular flexibility index (Phi) is 8.01. The van der Waals surface area contributed by atoms with Crippen LogP contribution in [0.3, 0.4) is 0 Å². The van der Waals surface area contributed by atoms with Crippen molar-refractivity contribution >= 4 is 27.4 Å². The molecule has 0 radical (unpaired) electrons. The summed E-state index contributed by atoms with van der Waals surface area (Å²) in [7, 11) is 0. The van der Waals surface area contributed by atoms with E-state index in [0.717, 1.165) is 34.8 Å². The van der Waals surface area contributed by atoms with Crippen LogP contribution in [0.15, 0.2) is 66.0 Å². The summed E-state index contributed by atoms with van der Waals surface area (Å²) in [6, 6.07) is 18.3. The number of hydrogen-bond acceptors (Lipinski definition) is 6. The fourth-order valence-corrected chi connectivity index (χ4v) is 5.42. The van der Waals surface area contributed by atoms with E-state index in [4.69, 9.17) is 10.7 Å². The summed E-state index contributed by atoms with van der Waals surface area (Å²) in [6.45, 7) is 14.5. The van der Waals surface area contributed by atoms with Gasteiger partial charge in [-0.2, -0.15) is 4.37 Å². The van der Waals surface area contributed by atoms with Gasteiger partial charge in [0.2, 0.25) is 0 Å². The third kappa shape index (κ3) is 5.27. The fourth-order valence-electron chi connectivity index (χ4n) is 4.64. The van der Waals surface area contributed by atoms with Gasteiger partial charge in [-0.1, -0.05) is 80.6 Å². The fraction of sp³-hybridized carbons (Fsp3) is 0.345. The Bertz CT molecular complexity index is 1390. The summed E-state index contributed by atoms with van der Waals surface area (Å²) in [5.41, 5.74) is 10.8. The molecule has 0 saturated carbocycles. The molecule has 0 spiro atoms. The van der Waals surface area contributed by atoms with Crippen molar-refractivity contribution in [1.29, 1.82) is 0 Å². The first kappa shape index (κ1) is 25.8. The molecule has 2 aromatic heterocycles. The largest absolute Gasteiger partial charge is 0.361 e. The van der Waals surface area contributed by atoms with Crippen LogP contribution in [-0.2, 0) is 6.54 Å². The van der Waals surface area contributed by atoms with Gasteiger partial charge in [0.05, 0.1) is 23.7 Å². The lowest BCUT2D eigenvalue weighted by Crippen LogP contribution is -2.38. The standard InChI is InChI=1S/C29H35N5OS/c1-19(2)26(33(17-9-16-30)22(5)24-14-12-20(3)13-15-24)27-31-28-25(21(4)32-36-28)29(35)34(27)18-23-10-7-6-8-11-23/h6-8,10-15,19,26H,5,9,16-18,30H2,1-4H3. The van der Waals surface area contributed by atoms with Crippen molar-refractivity contribution in [2.45, 2.75) is 46.7 Å². The highest BCUT2D eigenvalue weighted by molar-refractivity contribution is 7.12. The summed E-state index contributed by atoms with van der Waals surface area (Å²) in [5, 5.41) is 0.605. The van der Waals surface area contributed by atoms with Crippen LogP contribution < -0.4 is 11.3 Å². The number of hydrogen-bond donors (Lipinski definition) is 1. The van der Waals surface area contributed by atoms with Gasteiger partial charge in [-0.15, -0.1) is 0 Å². The predicted octanol–water partition coefficient (Wildman–Crippen LogP) is 5.54. The van der Waals surface area contributed by atoms with Gasteiger partial charge in [-0.3, -0.25) is 9.36 Å². The molecule has 0 amide bonds. The molecule has 0 fully saturated rings. The van der Waals surface area contributed by atoms with E-state index in [1.54, 1.807) is 0 Å². The highest BCUT2D eigenvalue weighted by Crippen LogP contribution is 2.35. The minimum atomic E-state index is -0.173. The zero-order valence-corrected chi connectivity index (χ0v) is 22.4.